The van der Waals surface area contributed by atoms with Crippen LogP contribution in [0.15, 0.2) is 18.2 Å². The van der Waals surface area contributed by atoms with Crippen LogP contribution in [-0.4, -0.2) is 42.0 Å². The van der Waals surface area contributed by atoms with E-state index in [0.717, 1.165) is 6.42 Å². The Morgan fingerprint density at radius 3 is 2.87 bits per heavy atom. The minimum Gasteiger partial charge on any atom is -0.379 e. The predicted octanol–water partition coefficient (Wildman–Crippen LogP) is 2.28. The Morgan fingerprint density at radius 1 is 1.43 bits per heavy atom. The number of rotatable bonds is 3. The number of carbonyl (C=O) groups is 2. The highest BCUT2D eigenvalue weighted by atomic mass is 19.1. The van der Waals surface area contributed by atoms with Gasteiger partial charge in [-0.25, -0.2) is 4.39 Å². The smallest absolute Gasteiger partial charge is 0.231 e. The number of nitrogens with zero attached hydrogens (tertiary/aromatic N) is 1. The zero-order valence-corrected chi connectivity index (χ0v) is 13.3. The number of fused-ring (bicyclic) bond motifs is 1. The second-order valence-electron chi connectivity index (χ2n) is 6.39. The first-order valence-corrected chi connectivity index (χ1v) is 7.96. The number of nitrogens with one attached hydrogen (secondary N) is 1. The van der Waals surface area contributed by atoms with Gasteiger partial charge in [0.1, 0.15) is 5.82 Å². The van der Waals surface area contributed by atoms with Gasteiger partial charge in [-0.2, -0.15) is 0 Å². The van der Waals surface area contributed by atoms with Gasteiger partial charge in [-0.15, -0.1) is 0 Å². The number of benzene rings is 1. The van der Waals surface area contributed by atoms with Crippen molar-refractivity contribution in [1.29, 1.82) is 0 Å². The van der Waals surface area contributed by atoms with E-state index in [2.05, 4.69) is 5.32 Å². The summed E-state index contributed by atoms with van der Waals surface area (Å²) >= 11 is 0. The third-order valence-corrected chi connectivity index (χ3v) is 4.46. The lowest BCUT2D eigenvalue weighted by molar-refractivity contribution is -0.139. The largest absolute Gasteiger partial charge is 0.379 e. The van der Waals surface area contributed by atoms with Crippen LogP contribution in [-0.2, 0) is 14.3 Å². The molecule has 1 saturated heterocycles. The molecule has 124 valence electrons. The second-order valence-corrected chi connectivity index (χ2v) is 6.39. The highest BCUT2D eigenvalue weighted by Gasteiger charge is 2.38. The maximum atomic E-state index is 13.4. The van der Waals surface area contributed by atoms with Crippen molar-refractivity contribution in [2.24, 2.45) is 0 Å². The molecule has 2 aliphatic heterocycles. The van der Waals surface area contributed by atoms with Gasteiger partial charge < -0.3 is 15.0 Å². The normalized spacial score (nSPS) is 23.6. The summed E-state index contributed by atoms with van der Waals surface area (Å²) in [6.45, 7) is 5.10. The summed E-state index contributed by atoms with van der Waals surface area (Å²) in [6, 6.07) is 4.25. The number of hydrogen-bond acceptors (Lipinski definition) is 3. The molecule has 6 heteroatoms. The van der Waals surface area contributed by atoms with Crippen molar-refractivity contribution in [3.63, 3.8) is 0 Å². The van der Waals surface area contributed by atoms with E-state index in [-0.39, 0.29) is 30.3 Å². The van der Waals surface area contributed by atoms with Gasteiger partial charge in [0.25, 0.3) is 0 Å². The Balaban J connectivity index is 1.93. The molecule has 0 spiro atoms. The van der Waals surface area contributed by atoms with Crippen molar-refractivity contribution in [3.8, 4) is 0 Å². The summed E-state index contributed by atoms with van der Waals surface area (Å²) in [5.74, 6) is -1.34. The molecular weight excluding hydrogens is 299 g/mol. The Kier molecular flexibility index (Phi) is 4.35. The molecule has 0 saturated carbocycles. The molecule has 0 bridgehead atoms. The van der Waals surface area contributed by atoms with Crippen LogP contribution in [0.1, 0.15) is 38.2 Å². The molecule has 23 heavy (non-hydrogen) atoms. The van der Waals surface area contributed by atoms with Gasteiger partial charge in [0, 0.05) is 24.8 Å². The SMILES string of the molecule is CC(C)N(C(=O)C1CC(=O)Nc2cc(F)ccc21)C1CCOC1. The lowest BCUT2D eigenvalue weighted by Crippen LogP contribution is -2.48. The summed E-state index contributed by atoms with van der Waals surface area (Å²) < 4.78 is 18.8. The fraction of sp³-hybridized carbons (Fsp3) is 0.529. The lowest BCUT2D eigenvalue weighted by atomic mass is 9.88. The Labute approximate surface area is 134 Å². The minimum atomic E-state index is -0.567. The molecular formula is C17H21FN2O3. The van der Waals surface area contributed by atoms with Gasteiger partial charge in [0.15, 0.2) is 0 Å². The van der Waals surface area contributed by atoms with E-state index in [1.54, 1.807) is 6.07 Å². The summed E-state index contributed by atoms with van der Waals surface area (Å²) in [6.07, 6.45) is 0.896. The molecule has 2 unspecified atom stereocenters. The van der Waals surface area contributed by atoms with Crippen molar-refractivity contribution < 1.29 is 18.7 Å². The lowest BCUT2D eigenvalue weighted by Gasteiger charge is -2.36. The summed E-state index contributed by atoms with van der Waals surface area (Å²) in [7, 11) is 0. The second kappa shape index (κ2) is 6.28. The monoisotopic (exact) mass is 320 g/mol. The van der Waals surface area contributed by atoms with Crippen molar-refractivity contribution >= 4 is 17.5 Å². The van der Waals surface area contributed by atoms with E-state index >= 15 is 0 Å². The molecule has 1 fully saturated rings. The first-order chi connectivity index (χ1) is 11.0. The summed E-state index contributed by atoms with van der Waals surface area (Å²) in [5, 5.41) is 2.65. The van der Waals surface area contributed by atoms with Crippen LogP contribution in [0.4, 0.5) is 10.1 Å². The zero-order chi connectivity index (χ0) is 16.6. The minimum absolute atomic E-state index is 0.0167. The van der Waals surface area contributed by atoms with E-state index < -0.39 is 11.7 Å². The summed E-state index contributed by atoms with van der Waals surface area (Å²) in [4.78, 5) is 26.9. The molecule has 2 atom stereocenters. The molecule has 1 aromatic carbocycles. The topological polar surface area (TPSA) is 58.6 Å². The molecule has 1 N–H and O–H groups in total. The zero-order valence-electron chi connectivity index (χ0n) is 13.3. The van der Waals surface area contributed by atoms with Gasteiger partial charge >= 0.3 is 0 Å². The van der Waals surface area contributed by atoms with Gasteiger partial charge in [-0.1, -0.05) is 6.07 Å². The molecule has 3 rings (SSSR count). The third kappa shape index (κ3) is 3.08. The van der Waals surface area contributed by atoms with Gasteiger partial charge in [0.2, 0.25) is 11.8 Å². The maximum absolute atomic E-state index is 13.4. The Bertz CT molecular complexity index is 626. The van der Waals surface area contributed by atoms with Crippen molar-refractivity contribution in [2.75, 3.05) is 18.5 Å². The van der Waals surface area contributed by atoms with Gasteiger partial charge in [0.05, 0.1) is 18.6 Å². The number of ether oxygens (including phenoxy) is 1. The van der Waals surface area contributed by atoms with Crippen molar-refractivity contribution in [1.82, 2.24) is 4.90 Å². The molecule has 0 aliphatic carbocycles. The average Bonchev–Trinajstić information content (AvgIpc) is 2.99. The number of anilines is 1. The Hall–Kier alpha value is -1.95. The van der Waals surface area contributed by atoms with Crippen LogP contribution in [0.5, 0.6) is 0 Å². The van der Waals surface area contributed by atoms with Crippen LogP contribution in [0.2, 0.25) is 0 Å². The Morgan fingerprint density at radius 2 is 2.22 bits per heavy atom. The highest BCUT2D eigenvalue weighted by molar-refractivity contribution is 6.01. The summed E-state index contributed by atoms with van der Waals surface area (Å²) in [5.41, 5.74) is 1.08. The molecule has 0 radical (unpaired) electrons. The van der Waals surface area contributed by atoms with E-state index in [1.807, 2.05) is 18.7 Å². The standard InChI is InChI=1S/C17H21FN2O3/c1-10(2)20(12-5-6-23-9-12)17(22)14-8-16(21)19-15-7-11(18)3-4-13(14)15/h3-4,7,10,12,14H,5-6,8-9H2,1-2H3,(H,19,21). The molecule has 5 nitrogen and oxygen atoms in total. The first kappa shape index (κ1) is 15.9. The number of amides is 2. The van der Waals surface area contributed by atoms with Crippen LogP contribution < -0.4 is 5.32 Å². The molecule has 2 aliphatic rings. The fourth-order valence-electron chi connectivity index (χ4n) is 3.44. The molecule has 2 amide bonds. The van der Waals surface area contributed by atoms with Crippen LogP contribution in [0.25, 0.3) is 0 Å². The molecule has 0 aromatic heterocycles. The van der Waals surface area contributed by atoms with Gasteiger partial charge in [-0.3, -0.25) is 9.59 Å². The van der Waals surface area contributed by atoms with E-state index in [9.17, 15) is 14.0 Å². The predicted molar refractivity (Wildman–Crippen MR) is 83.6 cm³/mol. The van der Waals surface area contributed by atoms with E-state index in [0.29, 0.717) is 24.5 Å². The van der Waals surface area contributed by atoms with Gasteiger partial charge in [-0.05, 0) is 38.0 Å². The number of carbonyl (C=O) groups excluding carboxylic acids is 2. The fourth-order valence-corrected chi connectivity index (χ4v) is 3.44. The maximum Gasteiger partial charge on any atom is 0.231 e. The highest BCUT2D eigenvalue weighted by Crippen LogP contribution is 2.35. The molecule has 1 aromatic rings. The van der Waals surface area contributed by atoms with Crippen molar-refractivity contribution in [2.45, 2.75) is 44.7 Å². The number of hydrogen-bond donors (Lipinski definition) is 1. The van der Waals surface area contributed by atoms with Crippen LogP contribution in [0, 0.1) is 5.82 Å². The quantitative estimate of drug-likeness (QED) is 0.929. The average molecular weight is 320 g/mol. The van der Waals surface area contributed by atoms with Crippen molar-refractivity contribution in [3.05, 3.63) is 29.6 Å². The van der Waals surface area contributed by atoms with Crippen LogP contribution in [0.3, 0.4) is 0 Å². The molecule has 2 heterocycles. The first-order valence-electron chi connectivity index (χ1n) is 7.96. The number of halogens is 1. The third-order valence-electron chi connectivity index (χ3n) is 4.46. The van der Waals surface area contributed by atoms with E-state index in [4.69, 9.17) is 4.74 Å². The van der Waals surface area contributed by atoms with E-state index in [1.165, 1.54) is 12.1 Å². The van der Waals surface area contributed by atoms with Crippen LogP contribution >= 0.6 is 0 Å².